The molecule has 0 aliphatic carbocycles. The standard InChI is InChI=1S/C17H25N3O/c1-2-20-13-15(12-19-20)9-6-10-17(21)16(18)11-14-7-4-3-5-8-14/h3-5,7-8,12-13,16-17,21H,2,6,9-11,18H2,1H3/t16-,17+/m0/s1. The maximum absolute atomic E-state index is 10.2. The van der Waals surface area contributed by atoms with Crippen LogP contribution in [-0.4, -0.2) is 27.0 Å². The third-order valence-corrected chi connectivity index (χ3v) is 3.78. The topological polar surface area (TPSA) is 64.1 Å². The van der Waals surface area contributed by atoms with E-state index in [-0.39, 0.29) is 6.04 Å². The van der Waals surface area contributed by atoms with Gasteiger partial charge in [-0.3, -0.25) is 4.68 Å². The van der Waals surface area contributed by atoms with Crippen LogP contribution in [0.5, 0.6) is 0 Å². The van der Waals surface area contributed by atoms with Crippen molar-refractivity contribution in [3.05, 3.63) is 53.9 Å². The molecule has 0 saturated heterocycles. The highest BCUT2D eigenvalue weighted by Crippen LogP contribution is 2.11. The Balaban J connectivity index is 1.72. The summed E-state index contributed by atoms with van der Waals surface area (Å²) in [6.45, 7) is 2.97. The molecule has 0 saturated carbocycles. The van der Waals surface area contributed by atoms with Gasteiger partial charge in [-0.2, -0.15) is 5.10 Å². The quantitative estimate of drug-likeness (QED) is 0.782. The lowest BCUT2D eigenvalue weighted by atomic mass is 9.98. The predicted octanol–water partition coefficient (Wildman–Crippen LogP) is 2.16. The number of aryl methyl sites for hydroxylation is 2. The Morgan fingerprint density at radius 3 is 2.67 bits per heavy atom. The molecule has 4 heteroatoms. The van der Waals surface area contributed by atoms with Crippen molar-refractivity contribution >= 4 is 0 Å². The first-order valence-electron chi connectivity index (χ1n) is 7.68. The van der Waals surface area contributed by atoms with Crippen molar-refractivity contribution in [1.82, 2.24) is 9.78 Å². The fraction of sp³-hybridized carbons (Fsp3) is 0.471. The van der Waals surface area contributed by atoms with Crippen LogP contribution >= 0.6 is 0 Å². The van der Waals surface area contributed by atoms with Crippen LogP contribution in [0.15, 0.2) is 42.7 Å². The third kappa shape index (κ3) is 4.99. The first-order chi connectivity index (χ1) is 10.2. The Morgan fingerprint density at radius 1 is 1.24 bits per heavy atom. The molecule has 2 aromatic rings. The summed E-state index contributed by atoms with van der Waals surface area (Å²) in [6, 6.07) is 9.88. The molecule has 0 unspecified atom stereocenters. The van der Waals surface area contributed by atoms with E-state index in [0.717, 1.165) is 32.2 Å². The number of aliphatic hydroxyl groups is 1. The second-order valence-electron chi connectivity index (χ2n) is 5.52. The van der Waals surface area contributed by atoms with Crippen LogP contribution in [0, 0.1) is 0 Å². The number of nitrogens with two attached hydrogens (primary N) is 1. The summed E-state index contributed by atoms with van der Waals surface area (Å²) in [5.74, 6) is 0. The van der Waals surface area contributed by atoms with E-state index >= 15 is 0 Å². The zero-order valence-electron chi connectivity index (χ0n) is 12.7. The van der Waals surface area contributed by atoms with E-state index in [9.17, 15) is 5.11 Å². The van der Waals surface area contributed by atoms with Gasteiger partial charge in [0, 0.05) is 18.8 Å². The Kier molecular flexibility index (Phi) is 5.96. The average Bonchev–Trinajstić information content (AvgIpc) is 2.96. The highest BCUT2D eigenvalue weighted by molar-refractivity contribution is 5.16. The Hall–Kier alpha value is -1.65. The average molecular weight is 287 g/mol. The summed E-state index contributed by atoms with van der Waals surface area (Å²) in [7, 11) is 0. The van der Waals surface area contributed by atoms with E-state index in [0.29, 0.717) is 0 Å². The molecule has 2 atom stereocenters. The SMILES string of the molecule is CCn1cc(CCC[C@@H](O)[C@@H](N)Cc2ccccc2)cn1. The maximum atomic E-state index is 10.2. The van der Waals surface area contributed by atoms with Gasteiger partial charge in [-0.15, -0.1) is 0 Å². The summed E-state index contributed by atoms with van der Waals surface area (Å²) in [5.41, 5.74) is 8.49. The molecule has 0 aliphatic rings. The van der Waals surface area contributed by atoms with Crippen LogP contribution in [0.1, 0.15) is 30.9 Å². The second-order valence-corrected chi connectivity index (χ2v) is 5.52. The van der Waals surface area contributed by atoms with Crippen molar-refractivity contribution in [3.63, 3.8) is 0 Å². The minimum Gasteiger partial charge on any atom is -0.392 e. The van der Waals surface area contributed by atoms with E-state index in [1.807, 2.05) is 41.2 Å². The fourth-order valence-electron chi connectivity index (χ4n) is 2.46. The maximum Gasteiger partial charge on any atom is 0.0694 e. The van der Waals surface area contributed by atoms with Crippen LogP contribution in [0.25, 0.3) is 0 Å². The molecule has 0 amide bonds. The van der Waals surface area contributed by atoms with E-state index < -0.39 is 6.10 Å². The normalized spacial score (nSPS) is 14.0. The lowest BCUT2D eigenvalue weighted by Crippen LogP contribution is -2.36. The van der Waals surface area contributed by atoms with Gasteiger partial charge in [0.05, 0.1) is 12.3 Å². The van der Waals surface area contributed by atoms with Crippen LogP contribution in [0.4, 0.5) is 0 Å². The lowest BCUT2D eigenvalue weighted by molar-refractivity contribution is 0.132. The number of aliphatic hydroxyl groups excluding tert-OH is 1. The molecule has 4 nitrogen and oxygen atoms in total. The minimum absolute atomic E-state index is 0.203. The van der Waals surface area contributed by atoms with Crippen LogP contribution in [0.2, 0.25) is 0 Å². The van der Waals surface area contributed by atoms with Gasteiger partial charge in [-0.25, -0.2) is 0 Å². The third-order valence-electron chi connectivity index (χ3n) is 3.78. The highest BCUT2D eigenvalue weighted by atomic mass is 16.3. The van der Waals surface area contributed by atoms with Crippen LogP contribution < -0.4 is 5.73 Å². The van der Waals surface area contributed by atoms with E-state index in [1.165, 1.54) is 11.1 Å². The van der Waals surface area contributed by atoms with E-state index in [4.69, 9.17) is 5.73 Å². The van der Waals surface area contributed by atoms with Crippen LogP contribution in [0.3, 0.4) is 0 Å². The van der Waals surface area contributed by atoms with Gasteiger partial charge in [0.1, 0.15) is 0 Å². The molecule has 1 aromatic carbocycles. The largest absolute Gasteiger partial charge is 0.392 e. The molecule has 1 aromatic heterocycles. The van der Waals surface area contributed by atoms with Gasteiger partial charge >= 0.3 is 0 Å². The van der Waals surface area contributed by atoms with Crippen molar-refractivity contribution in [1.29, 1.82) is 0 Å². The number of rotatable bonds is 8. The first-order valence-corrected chi connectivity index (χ1v) is 7.68. The van der Waals surface area contributed by atoms with E-state index in [1.54, 1.807) is 0 Å². The van der Waals surface area contributed by atoms with Gasteiger partial charge in [-0.1, -0.05) is 30.3 Å². The molecule has 0 aliphatic heterocycles. The van der Waals surface area contributed by atoms with Gasteiger partial charge in [0.2, 0.25) is 0 Å². The van der Waals surface area contributed by atoms with Gasteiger partial charge in [-0.05, 0) is 43.7 Å². The monoisotopic (exact) mass is 287 g/mol. The van der Waals surface area contributed by atoms with Crippen LogP contribution in [-0.2, 0) is 19.4 Å². The Labute approximate surface area is 126 Å². The highest BCUT2D eigenvalue weighted by Gasteiger charge is 2.15. The van der Waals surface area contributed by atoms with Crippen molar-refractivity contribution in [2.45, 2.75) is 51.3 Å². The molecule has 3 N–H and O–H groups in total. The second kappa shape index (κ2) is 7.96. The predicted molar refractivity (Wildman–Crippen MR) is 85.0 cm³/mol. The van der Waals surface area contributed by atoms with Crippen molar-refractivity contribution in [2.75, 3.05) is 0 Å². The van der Waals surface area contributed by atoms with Gasteiger partial charge in [0.15, 0.2) is 0 Å². The molecule has 1 heterocycles. The molecular formula is C17H25N3O. The number of hydrogen-bond donors (Lipinski definition) is 2. The summed E-state index contributed by atoms with van der Waals surface area (Å²) < 4.78 is 1.92. The number of hydrogen-bond acceptors (Lipinski definition) is 3. The van der Waals surface area contributed by atoms with Gasteiger partial charge < -0.3 is 10.8 Å². The lowest BCUT2D eigenvalue weighted by Gasteiger charge is -2.18. The molecule has 21 heavy (non-hydrogen) atoms. The molecule has 114 valence electrons. The van der Waals surface area contributed by atoms with Crippen molar-refractivity contribution in [3.8, 4) is 0 Å². The minimum atomic E-state index is -0.452. The number of aromatic nitrogens is 2. The molecule has 0 fully saturated rings. The molecular weight excluding hydrogens is 262 g/mol. The molecule has 0 spiro atoms. The summed E-state index contributed by atoms with van der Waals surface area (Å²) in [5, 5.41) is 14.4. The molecule has 0 bridgehead atoms. The van der Waals surface area contributed by atoms with Gasteiger partial charge in [0.25, 0.3) is 0 Å². The number of nitrogens with zero attached hydrogens (tertiary/aromatic N) is 2. The summed E-state index contributed by atoms with van der Waals surface area (Å²) in [4.78, 5) is 0. The van der Waals surface area contributed by atoms with Crippen molar-refractivity contribution in [2.24, 2.45) is 5.73 Å². The molecule has 0 radical (unpaired) electrons. The fourth-order valence-corrected chi connectivity index (χ4v) is 2.46. The van der Waals surface area contributed by atoms with E-state index in [2.05, 4.69) is 18.2 Å². The number of benzene rings is 1. The summed E-state index contributed by atoms with van der Waals surface area (Å²) in [6.07, 6.45) is 6.83. The summed E-state index contributed by atoms with van der Waals surface area (Å²) >= 11 is 0. The zero-order valence-corrected chi connectivity index (χ0v) is 12.7. The first kappa shape index (κ1) is 15.7. The zero-order chi connectivity index (χ0) is 15.1. The Morgan fingerprint density at radius 2 is 2.00 bits per heavy atom. The Bertz CT molecular complexity index is 524. The van der Waals surface area contributed by atoms with Crippen molar-refractivity contribution < 1.29 is 5.11 Å². The molecule has 2 rings (SSSR count). The smallest absolute Gasteiger partial charge is 0.0694 e.